The fraction of sp³-hybridized carbons (Fsp3) is 0.529. The Bertz CT molecular complexity index is 571. The van der Waals surface area contributed by atoms with Crippen LogP contribution in [0.2, 0.25) is 0 Å². The average molecular weight is 321 g/mol. The summed E-state index contributed by atoms with van der Waals surface area (Å²) in [5, 5.41) is 0. The largest absolute Gasteiger partial charge is 0.339 e. The molecule has 0 bridgehead atoms. The topological polar surface area (TPSA) is 43.9 Å². The normalized spacial score (nSPS) is 16.6. The Balaban J connectivity index is 1.90. The maximum absolute atomic E-state index is 13.2. The number of likely N-dealkylation sites (N-methyl/N-ethyl adjacent to an activating group) is 1. The van der Waals surface area contributed by atoms with Crippen LogP contribution in [0, 0.1) is 5.82 Å². The third-order valence-electron chi connectivity index (χ3n) is 4.38. The third kappa shape index (κ3) is 4.51. The molecule has 0 saturated carbocycles. The summed E-state index contributed by atoms with van der Waals surface area (Å²) < 4.78 is 13.2. The number of hydrogen-bond donors (Lipinski definition) is 0. The highest BCUT2D eigenvalue weighted by atomic mass is 19.1. The van der Waals surface area contributed by atoms with E-state index in [0.717, 1.165) is 5.56 Å². The molecule has 126 valence electrons. The summed E-state index contributed by atoms with van der Waals surface area (Å²) in [4.78, 5) is 29.4. The predicted octanol–water partition coefficient (Wildman–Crippen LogP) is 1.34. The van der Waals surface area contributed by atoms with Crippen LogP contribution >= 0.6 is 0 Å². The van der Waals surface area contributed by atoms with Crippen molar-refractivity contribution in [1.82, 2.24) is 14.7 Å². The van der Waals surface area contributed by atoms with Gasteiger partial charge in [0.05, 0.1) is 6.04 Å². The quantitative estimate of drug-likeness (QED) is 0.840. The minimum Gasteiger partial charge on any atom is -0.339 e. The second kappa shape index (κ2) is 7.55. The summed E-state index contributed by atoms with van der Waals surface area (Å²) in [5.74, 6) is -0.171. The molecular weight excluding hydrogens is 297 g/mol. The van der Waals surface area contributed by atoms with Crippen LogP contribution in [0.1, 0.15) is 19.4 Å². The lowest BCUT2D eigenvalue weighted by molar-refractivity contribution is -0.141. The van der Waals surface area contributed by atoms with Gasteiger partial charge in [0.2, 0.25) is 11.8 Å². The van der Waals surface area contributed by atoms with Crippen LogP contribution < -0.4 is 0 Å². The number of rotatable bonds is 4. The Morgan fingerprint density at radius 3 is 2.39 bits per heavy atom. The molecule has 0 spiro atoms. The summed E-state index contributed by atoms with van der Waals surface area (Å²) in [6.45, 7) is 6.22. The summed E-state index contributed by atoms with van der Waals surface area (Å²) in [6.07, 6.45) is 0. The molecule has 0 radical (unpaired) electrons. The number of carbonyl (C=O) groups is 2. The van der Waals surface area contributed by atoms with Crippen molar-refractivity contribution in [3.8, 4) is 0 Å². The lowest BCUT2D eigenvalue weighted by atomic mass is 10.1. The third-order valence-corrected chi connectivity index (χ3v) is 4.38. The molecule has 0 N–H and O–H groups in total. The zero-order valence-corrected chi connectivity index (χ0v) is 14.0. The van der Waals surface area contributed by atoms with Crippen molar-refractivity contribution in [3.05, 3.63) is 35.6 Å². The van der Waals surface area contributed by atoms with E-state index >= 15 is 0 Å². The van der Waals surface area contributed by atoms with Crippen LogP contribution in [0.4, 0.5) is 4.39 Å². The summed E-state index contributed by atoms with van der Waals surface area (Å²) >= 11 is 0. The van der Waals surface area contributed by atoms with Crippen molar-refractivity contribution < 1.29 is 14.0 Å². The van der Waals surface area contributed by atoms with E-state index in [9.17, 15) is 14.0 Å². The Labute approximate surface area is 136 Å². The van der Waals surface area contributed by atoms with Crippen LogP contribution in [0.25, 0.3) is 0 Å². The number of hydrogen-bond acceptors (Lipinski definition) is 3. The molecule has 1 aromatic rings. The van der Waals surface area contributed by atoms with Gasteiger partial charge >= 0.3 is 0 Å². The van der Waals surface area contributed by atoms with E-state index in [4.69, 9.17) is 0 Å². The summed E-state index contributed by atoms with van der Waals surface area (Å²) in [7, 11) is 1.86. The first-order valence-electron chi connectivity index (χ1n) is 7.87. The smallest absolute Gasteiger partial charge is 0.239 e. The van der Waals surface area contributed by atoms with Gasteiger partial charge in [0.25, 0.3) is 0 Å². The monoisotopic (exact) mass is 321 g/mol. The van der Waals surface area contributed by atoms with Crippen molar-refractivity contribution >= 4 is 11.8 Å². The van der Waals surface area contributed by atoms with Gasteiger partial charge < -0.3 is 9.80 Å². The van der Waals surface area contributed by atoms with Crippen LogP contribution in [0.5, 0.6) is 0 Å². The van der Waals surface area contributed by atoms with E-state index in [1.807, 2.05) is 24.9 Å². The Morgan fingerprint density at radius 2 is 1.83 bits per heavy atom. The second-order valence-corrected chi connectivity index (χ2v) is 6.05. The summed E-state index contributed by atoms with van der Waals surface area (Å²) in [5.41, 5.74) is 0.841. The molecule has 1 atom stereocenters. The second-order valence-electron chi connectivity index (χ2n) is 6.05. The maximum Gasteiger partial charge on any atom is 0.239 e. The molecule has 1 heterocycles. The predicted molar refractivity (Wildman–Crippen MR) is 86.2 cm³/mol. The molecule has 0 aliphatic carbocycles. The van der Waals surface area contributed by atoms with E-state index in [0.29, 0.717) is 32.7 Å². The fourth-order valence-corrected chi connectivity index (χ4v) is 2.75. The Morgan fingerprint density at radius 1 is 1.22 bits per heavy atom. The SMILES string of the molecule is CC(=O)N1CCN(C(=O)C(C)N(C)Cc2cccc(F)c2)CC1. The number of nitrogens with zero attached hydrogens (tertiary/aromatic N) is 3. The molecule has 1 fully saturated rings. The van der Waals surface area contributed by atoms with E-state index < -0.39 is 0 Å². The average Bonchev–Trinajstić information content (AvgIpc) is 2.53. The Hall–Kier alpha value is -1.95. The molecule has 1 aromatic carbocycles. The molecule has 2 rings (SSSR count). The Kier molecular flexibility index (Phi) is 5.71. The first kappa shape index (κ1) is 17.4. The van der Waals surface area contributed by atoms with Crippen LogP contribution in [0.3, 0.4) is 0 Å². The lowest BCUT2D eigenvalue weighted by Gasteiger charge is -2.37. The van der Waals surface area contributed by atoms with E-state index in [1.54, 1.807) is 22.8 Å². The molecule has 23 heavy (non-hydrogen) atoms. The lowest BCUT2D eigenvalue weighted by Crippen LogP contribution is -2.54. The molecule has 6 heteroatoms. The zero-order chi connectivity index (χ0) is 17.0. The molecule has 1 saturated heterocycles. The van der Waals surface area contributed by atoms with Gasteiger partial charge in [0.15, 0.2) is 0 Å². The van der Waals surface area contributed by atoms with E-state index in [2.05, 4.69) is 0 Å². The fourth-order valence-electron chi connectivity index (χ4n) is 2.75. The maximum atomic E-state index is 13.2. The van der Waals surface area contributed by atoms with Gasteiger partial charge in [-0.05, 0) is 31.7 Å². The number of piperazine rings is 1. The highest BCUT2D eigenvalue weighted by Crippen LogP contribution is 2.11. The van der Waals surface area contributed by atoms with Gasteiger partial charge in [-0.15, -0.1) is 0 Å². The molecule has 0 aromatic heterocycles. The molecule has 5 nitrogen and oxygen atoms in total. The molecule has 1 aliphatic heterocycles. The molecule has 1 aliphatic rings. The summed E-state index contributed by atoms with van der Waals surface area (Å²) in [6, 6.07) is 6.13. The van der Waals surface area contributed by atoms with Crippen molar-refractivity contribution in [2.45, 2.75) is 26.4 Å². The van der Waals surface area contributed by atoms with Gasteiger partial charge in [0.1, 0.15) is 5.82 Å². The highest BCUT2D eigenvalue weighted by Gasteiger charge is 2.27. The van der Waals surface area contributed by atoms with Crippen LogP contribution in [-0.2, 0) is 16.1 Å². The van der Waals surface area contributed by atoms with Gasteiger partial charge in [-0.3, -0.25) is 14.5 Å². The van der Waals surface area contributed by atoms with Gasteiger partial charge in [0, 0.05) is 39.6 Å². The molecule has 2 amide bonds. The number of amides is 2. The molecule has 1 unspecified atom stereocenters. The van der Waals surface area contributed by atoms with Crippen molar-refractivity contribution in [1.29, 1.82) is 0 Å². The first-order valence-corrected chi connectivity index (χ1v) is 7.87. The van der Waals surface area contributed by atoms with Gasteiger partial charge in [-0.2, -0.15) is 0 Å². The number of halogens is 1. The minimum atomic E-state index is -0.290. The van der Waals surface area contributed by atoms with Crippen molar-refractivity contribution in [2.75, 3.05) is 33.2 Å². The van der Waals surface area contributed by atoms with Crippen LogP contribution in [0.15, 0.2) is 24.3 Å². The number of carbonyl (C=O) groups excluding carboxylic acids is 2. The van der Waals surface area contributed by atoms with Gasteiger partial charge in [-0.25, -0.2) is 4.39 Å². The standard InChI is InChI=1S/C17H24FN3O2/c1-13(19(3)12-15-5-4-6-16(18)11-15)17(23)21-9-7-20(8-10-21)14(2)22/h4-6,11,13H,7-10,12H2,1-3H3. The van der Waals surface area contributed by atoms with E-state index in [-0.39, 0.29) is 23.7 Å². The zero-order valence-electron chi connectivity index (χ0n) is 14.0. The number of benzene rings is 1. The van der Waals surface area contributed by atoms with Crippen molar-refractivity contribution in [3.63, 3.8) is 0 Å². The van der Waals surface area contributed by atoms with E-state index in [1.165, 1.54) is 12.1 Å². The minimum absolute atomic E-state index is 0.0482. The first-order chi connectivity index (χ1) is 10.9. The van der Waals surface area contributed by atoms with Crippen LogP contribution in [-0.4, -0.2) is 65.8 Å². The van der Waals surface area contributed by atoms with Gasteiger partial charge in [-0.1, -0.05) is 12.1 Å². The van der Waals surface area contributed by atoms with Crippen molar-refractivity contribution in [2.24, 2.45) is 0 Å². The highest BCUT2D eigenvalue weighted by molar-refractivity contribution is 5.82. The molecular formula is C17H24FN3O2.